The quantitative estimate of drug-likeness (QED) is 0.497. The maximum atomic E-state index is 5.82. The molecule has 0 fully saturated rings. The molecular weight excluding hydrogens is 348 g/mol. The predicted octanol–water partition coefficient (Wildman–Crippen LogP) is 3.87. The standard InChI is InChI=1S/C18H16N6OS/c1-12-7-6-10-15(11-12)24-18(21-22-23-24)26-13(2)16-19-20-17(25-16)14-8-4-3-5-9-14/h3-11,13H,1-2H3. The van der Waals surface area contributed by atoms with Crippen molar-refractivity contribution in [2.75, 3.05) is 0 Å². The number of hydrogen-bond donors (Lipinski definition) is 0. The van der Waals surface area contributed by atoms with Crippen molar-refractivity contribution in [3.8, 4) is 17.1 Å². The Hall–Kier alpha value is -3.00. The predicted molar refractivity (Wildman–Crippen MR) is 97.9 cm³/mol. The summed E-state index contributed by atoms with van der Waals surface area (Å²) < 4.78 is 7.53. The molecule has 4 rings (SSSR count). The van der Waals surface area contributed by atoms with Crippen LogP contribution in [0.2, 0.25) is 0 Å². The van der Waals surface area contributed by atoms with E-state index in [0.717, 1.165) is 16.8 Å². The highest BCUT2D eigenvalue weighted by Crippen LogP contribution is 2.34. The number of aromatic nitrogens is 6. The SMILES string of the molecule is Cc1cccc(-n2nnnc2SC(C)c2nnc(-c3ccccc3)o2)c1. The third-order valence-corrected chi connectivity index (χ3v) is 4.80. The summed E-state index contributed by atoms with van der Waals surface area (Å²) >= 11 is 1.47. The van der Waals surface area contributed by atoms with Crippen LogP contribution in [0.5, 0.6) is 0 Å². The van der Waals surface area contributed by atoms with E-state index in [9.17, 15) is 0 Å². The van der Waals surface area contributed by atoms with Gasteiger partial charge in [-0.3, -0.25) is 0 Å². The summed E-state index contributed by atoms with van der Waals surface area (Å²) in [5.74, 6) is 1.04. The van der Waals surface area contributed by atoms with Crippen LogP contribution in [0.25, 0.3) is 17.1 Å². The fourth-order valence-corrected chi connectivity index (χ4v) is 3.32. The van der Waals surface area contributed by atoms with Crippen molar-refractivity contribution < 1.29 is 4.42 Å². The first kappa shape index (κ1) is 16.5. The van der Waals surface area contributed by atoms with E-state index in [1.54, 1.807) is 4.68 Å². The summed E-state index contributed by atoms with van der Waals surface area (Å²) in [6.07, 6.45) is 0. The maximum absolute atomic E-state index is 5.82. The summed E-state index contributed by atoms with van der Waals surface area (Å²) in [6.45, 7) is 4.02. The molecular formula is C18H16N6OS. The van der Waals surface area contributed by atoms with Gasteiger partial charge >= 0.3 is 0 Å². The lowest BCUT2D eigenvalue weighted by atomic mass is 10.2. The van der Waals surface area contributed by atoms with Crippen LogP contribution in [-0.2, 0) is 0 Å². The van der Waals surface area contributed by atoms with Crippen molar-refractivity contribution in [1.82, 2.24) is 30.4 Å². The van der Waals surface area contributed by atoms with Gasteiger partial charge in [0.2, 0.25) is 16.9 Å². The van der Waals surface area contributed by atoms with E-state index >= 15 is 0 Å². The van der Waals surface area contributed by atoms with E-state index in [4.69, 9.17) is 4.42 Å². The molecule has 7 nitrogen and oxygen atoms in total. The summed E-state index contributed by atoms with van der Waals surface area (Å²) in [6, 6.07) is 17.7. The summed E-state index contributed by atoms with van der Waals surface area (Å²) in [7, 11) is 0. The fourth-order valence-electron chi connectivity index (χ4n) is 2.48. The fraction of sp³-hybridized carbons (Fsp3) is 0.167. The molecule has 0 spiro atoms. The van der Waals surface area contributed by atoms with Crippen molar-refractivity contribution in [1.29, 1.82) is 0 Å². The van der Waals surface area contributed by atoms with Crippen LogP contribution in [0, 0.1) is 6.92 Å². The van der Waals surface area contributed by atoms with Gasteiger partial charge < -0.3 is 4.42 Å². The van der Waals surface area contributed by atoms with Gasteiger partial charge in [0.1, 0.15) is 0 Å². The molecule has 0 aliphatic rings. The van der Waals surface area contributed by atoms with Gasteiger partial charge in [0.15, 0.2) is 0 Å². The number of thioether (sulfide) groups is 1. The molecule has 0 N–H and O–H groups in total. The smallest absolute Gasteiger partial charge is 0.247 e. The first-order chi connectivity index (χ1) is 12.7. The van der Waals surface area contributed by atoms with Gasteiger partial charge in [-0.15, -0.1) is 15.3 Å². The number of aryl methyl sites for hydroxylation is 1. The summed E-state index contributed by atoms with van der Waals surface area (Å²) in [5, 5.41) is 20.9. The van der Waals surface area contributed by atoms with Crippen molar-refractivity contribution in [2.24, 2.45) is 0 Å². The average molecular weight is 364 g/mol. The van der Waals surface area contributed by atoms with Gasteiger partial charge in [0, 0.05) is 5.56 Å². The van der Waals surface area contributed by atoms with Crippen LogP contribution in [-0.4, -0.2) is 30.4 Å². The van der Waals surface area contributed by atoms with Crippen LogP contribution in [0.3, 0.4) is 0 Å². The summed E-state index contributed by atoms with van der Waals surface area (Å²) in [4.78, 5) is 0. The van der Waals surface area contributed by atoms with E-state index in [2.05, 4.69) is 25.7 Å². The maximum Gasteiger partial charge on any atom is 0.247 e. The lowest BCUT2D eigenvalue weighted by Gasteiger charge is -2.07. The van der Waals surface area contributed by atoms with Crippen LogP contribution in [0.1, 0.15) is 23.6 Å². The summed E-state index contributed by atoms with van der Waals surface area (Å²) in [5.41, 5.74) is 2.96. The molecule has 1 atom stereocenters. The molecule has 1 unspecified atom stereocenters. The zero-order valence-corrected chi connectivity index (χ0v) is 15.1. The van der Waals surface area contributed by atoms with E-state index in [0.29, 0.717) is 16.9 Å². The number of hydrogen-bond acceptors (Lipinski definition) is 7. The van der Waals surface area contributed by atoms with E-state index in [-0.39, 0.29) is 5.25 Å². The van der Waals surface area contributed by atoms with Crippen LogP contribution >= 0.6 is 11.8 Å². The normalized spacial score (nSPS) is 12.2. The van der Waals surface area contributed by atoms with E-state index < -0.39 is 0 Å². The third-order valence-electron chi connectivity index (χ3n) is 3.78. The molecule has 2 heterocycles. The Bertz CT molecular complexity index is 1010. The molecule has 0 amide bonds. The first-order valence-electron chi connectivity index (χ1n) is 8.11. The lowest BCUT2D eigenvalue weighted by molar-refractivity contribution is 0.509. The van der Waals surface area contributed by atoms with Crippen LogP contribution in [0.15, 0.2) is 64.2 Å². The average Bonchev–Trinajstić information content (AvgIpc) is 3.32. The first-order valence-corrected chi connectivity index (χ1v) is 8.99. The van der Waals surface area contributed by atoms with E-state index in [1.165, 1.54) is 11.8 Å². The molecule has 4 aromatic rings. The minimum absolute atomic E-state index is 0.0884. The van der Waals surface area contributed by atoms with Gasteiger partial charge in [0.05, 0.1) is 10.9 Å². The molecule has 2 aromatic heterocycles. The third kappa shape index (κ3) is 3.36. The molecule has 2 aromatic carbocycles. The minimum atomic E-state index is -0.0884. The molecule has 0 aliphatic carbocycles. The minimum Gasteiger partial charge on any atom is -0.419 e. The largest absolute Gasteiger partial charge is 0.419 e. The molecule has 0 bridgehead atoms. The molecule has 8 heteroatoms. The van der Waals surface area contributed by atoms with Gasteiger partial charge in [-0.2, -0.15) is 4.68 Å². The van der Waals surface area contributed by atoms with Gasteiger partial charge in [-0.25, -0.2) is 0 Å². The van der Waals surface area contributed by atoms with Crippen molar-refractivity contribution in [3.05, 3.63) is 66.1 Å². The zero-order chi connectivity index (χ0) is 17.9. The van der Waals surface area contributed by atoms with E-state index in [1.807, 2.05) is 68.4 Å². The Morgan fingerprint density at radius 1 is 1.00 bits per heavy atom. The molecule has 0 saturated heterocycles. The Morgan fingerprint density at radius 2 is 1.85 bits per heavy atom. The number of benzene rings is 2. The van der Waals surface area contributed by atoms with Crippen molar-refractivity contribution in [2.45, 2.75) is 24.3 Å². The highest BCUT2D eigenvalue weighted by molar-refractivity contribution is 7.99. The molecule has 130 valence electrons. The molecule has 26 heavy (non-hydrogen) atoms. The Balaban J connectivity index is 1.56. The number of rotatable bonds is 5. The highest BCUT2D eigenvalue weighted by atomic mass is 32.2. The number of nitrogens with zero attached hydrogens (tertiary/aromatic N) is 6. The Labute approximate surface area is 154 Å². The van der Waals surface area contributed by atoms with Gasteiger partial charge in [0.25, 0.3) is 0 Å². The Kier molecular flexibility index (Phi) is 4.49. The second-order valence-electron chi connectivity index (χ2n) is 5.78. The zero-order valence-electron chi connectivity index (χ0n) is 14.3. The second-order valence-corrected chi connectivity index (χ2v) is 7.09. The second kappa shape index (κ2) is 7.09. The van der Waals surface area contributed by atoms with Crippen molar-refractivity contribution >= 4 is 11.8 Å². The monoisotopic (exact) mass is 364 g/mol. The Morgan fingerprint density at radius 3 is 2.65 bits per heavy atom. The van der Waals surface area contributed by atoms with Crippen LogP contribution < -0.4 is 0 Å². The molecule has 0 radical (unpaired) electrons. The van der Waals surface area contributed by atoms with Crippen LogP contribution in [0.4, 0.5) is 0 Å². The van der Waals surface area contributed by atoms with Gasteiger partial charge in [-0.05, 0) is 54.1 Å². The number of tetrazole rings is 1. The lowest BCUT2D eigenvalue weighted by Crippen LogP contribution is -2.00. The topological polar surface area (TPSA) is 82.5 Å². The highest BCUT2D eigenvalue weighted by Gasteiger charge is 2.20. The molecule has 0 aliphatic heterocycles. The van der Waals surface area contributed by atoms with Crippen molar-refractivity contribution in [3.63, 3.8) is 0 Å². The van der Waals surface area contributed by atoms with Gasteiger partial charge in [-0.1, -0.05) is 42.1 Å². The molecule has 0 saturated carbocycles.